The summed E-state index contributed by atoms with van der Waals surface area (Å²) in [5.74, 6) is 0.577. The Morgan fingerprint density at radius 3 is 2.51 bits per heavy atom. The number of aldehydes is 1. The molecule has 6 heteroatoms. The van der Waals surface area contributed by atoms with Gasteiger partial charge in [0.2, 0.25) is 0 Å². The summed E-state index contributed by atoms with van der Waals surface area (Å²) in [7, 11) is 0. The van der Waals surface area contributed by atoms with Crippen molar-refractivity contribution < 1.29 is 14.3 Å². The van der Waals surface area contributed by atoms with Crippen LogP contribution in [-0.4, -0.2) is 22.9 Å². The van der Waals surface area contributed by atoms with Gasteiger partial charge in [0.25, 0.3) is 5.91 Å². The number of hydrogen-bond acceptors (Lipinski definition) is 3. The number of carbonyl (C=O) groups is 2. The average molecular weight is 533 g/mol. The Morgan fingerprint density at radius 1 is 1.06 bits per heavy atom. The Labute approximate surface area is 214 Å². The minimum absolute atomic E-state index is 0.0960. The van der Waals surface area contributed by atoms with Gasteiger partial charge in [-0.15, -0.1) is 0 Å². The van der Waals surface area contributed by atoms with Gasteiger partial charge in [0.15, 0.2) is 12.4 Å². The Morgan fingerprint density at radius 2 is 1.80 bits per heavy atom. The predicted octanol–water partition coefficient (Wildman–Crippen LogP) is 6.53. The molecule has 5 nitrogen and oxygen atoms in total. The second kappa shape index (κ2) is 10.5. The molecule has 1 N–H and O–H groups in total. The van der Waals surface area contributed by atoms with Gasteiger partial charge in [-0.1, -0.05) is 40.2 Å². The Hall–Kier alpha value is -3.38. The van der Waals surface area contributed by atoms with Crippen LogP contribution in [0.2, 0.25) is 0 Å². The van der Waals surface area contributed by atoms with Crippen LogP contribution in [0, 0.1) is 13.8 Å². The van der Waals surface area contributed by atoms with Gasteiger partial charge in [0.05, 0.1) is 6.04 Å². The van der Waals surface area contributed by atoms with E-state index in [4.69, 9.17) is 4.74 Å². The maximum Gasteiger partial charge on any atom is 0.251 e. The van der Waals surface area contributed by atoms with E-state index in [-0.39, 0.29) is 11.9 Å². The van der Waals surface area contributed by atoms with Crippen molar-refractivity contribution in [1.29, 1.82) is 0 Å². The van der Waals surface area contributed by atoms with Crippen LogP contribution in [0.4, 0.5) is 0 Å². The number of halogens is 1. The average Bonchev–Trinajstić information content (AvgIpc) is 3.08. The zero-order valence-corrected chi connectivity index (χ0v) is 21.9. The number of carbonyl (C=O) groups excluding carboxylic acids is 2. The van der Waals surface area contributed by atoms with Crippen LogP contribution >= 0.6 is 15.9 Å². The highest BCUT2D eigenvalue weighted by Gasteiger charge is 2.16. The molecule has 0 saturated heterocycles. The predicted molar refractivity (Wildman–Crippen MR) is 143 cm³/mol. The van der Waals surface area contributed by atoms with E-state index < -0.39 is 6.10 Å². The zero-order chi connectivity index (χ0) is 25.1. The van der Waals surface area contributed by atoms with Gasteiger partial charge in [-0.2, -0.15) is 0 Å². The lowest BCUT2D eigenvalue weighted by atomic mass is 10.1. The van der Waals surface area contributed by atoms with Crippen LogP contribution in [0.15, 0.2) is 71.2 Å². The second-order valence-electron chi connectivity index (χ2n) is 8.88. The molecule has 3 aromatic carbocycles. The minimum atomic E-state index is -0.488. The standard InChI is InChI=1S/C29H29BrN2O3/c1-18(17-33)35-26-7-5-6-22(14-26)16-32-21(4)19(2)27-15-24(10-13-28(27)32)29(34)31-20(3)23-8-11-25(30)12-9-23/h5-15,17-18,20H,16H2,1-4H3,(H,31,34)/t18-,20-/m0/s1. The van der Waals surface area contributed by atoms with E-state index in [9.17, 15) is 9.59 Å². The van der Waals surface area contributed by atoms with Crippen LogP contribution in [0.1, 0.15) is 52.6 Å². The Bertz CT molecular complexity index is 1370. The summed E-state index contributed by atoms with van der Waals surface area (Å²) in [6.07, 6.45) is 0.296. The highest BCUT2D eigenvalue weighted by atomic mass is 79.9. The van der Waals surface area contributed by atoms with Gasteiger partial charge in [0, 0.05) is 33.2 Å². The Balaban J connectivity index is 1.58. The molecule has 0 saturated carbocycles. The van der Waals surface area contributed by atoms with Gasteiger partial charge in [-0.3, -0.25) is 9.59 Å². The molecule has 180 valence electrons. The van der Waals surface area contributed by atoms with Crippen LogP contribution in [-0.2, 0) is 11.3 Å². The third-order valence-corrected chi connectivity index (χ3v) is 6.90. The zero-order valence-electron chi connectivity index (χ0n) is 20.3. The fourth-order valence-corrected chi connectivity index (χ4v) is 4.52. The number of aryl methyl sites for hydroxylation is 1. The number of amides is 1. The summed E-state index contributed by atoms with van der Waals surface area (Å²) in [6, 6.07) is 21.5. The lowest BCUT2D eigenvalue weighted by molar-refractivity contribution is -0.113. The number of fused-ring (bicyclic) bond motifs is 1. The van der Waals surface area contributed by atoms with Gasteiger partial charge in [-0.25, -0.2) is 0 Å². The third-order valence-electron chi connectivity index (χ3n) is 6.37. The minimum Gasteiger partial charge on any atom is -0.483 e. The quantitative estimate of drug-likeness (QED) is 0.262. The van der Waals surface area contributed by atoms with E-state index in [1.807, 2.05) is 73.7 Å². The molecule has 1 amide bonds. The summed E-state index contributed by atoms with van der Waals surface area (Å²) >= 11 is 3.45. The van der Waals surface area contributed by atoms with Crippen molar-refractivity contribution >= 4 is 39.0 Å². The first kappa shape index (κ1) is 24.7. The van der Waals surface area contributed by atoms with Crippen molar-refractivity contribution in [2.24, 2.45) is 0 Å². The molecular formula is C29H29BrN2O3. The summed E-state index contributed by atoms with van der Waals surface area (Å²) in [6.45, 7) is 8.55. The third kappa shape index (κ3) is 5.49. The van der Waals surface area contributed by atoms with Crippen molar-refractivity contribution in [3.05, 3.63) is 99.2 Å². The first-order chi connectivity index (χ1) is 16.8. The van der Waals surface area contributed by atoms with Crippen LogP contribution in [0.25, 0.3) is 10.9 Å². The van der Waals surface area contributed by atoms with Crippen molar-refractivity contribution in [2.75, 3.05) is 0 Å². The molecule has 0 aliphatic heterocycles. The lowest BCUT2D eigenvalue weighted by Gasteiger charge is -2.15. The van der Waals surface area contributed by atoms with Crippen LogP contribution in [0.5, 0.6) is 5.75 Å². The van der Waals surface area contributed by atoms with Gasteiger partial charge in [-0.05, 0) is 86.8 Å². The molecule has 0 spiro atoms. The number of aromatic nitrogens is 1. The Kier molecular flexibility index (Phi) is 7.41. The fourth-order valence-electron chi connectivity index (χ4n) is 4.25. The summed E-state index contributed by atoms with van der Waals surface area (Å²) in [5.41, 5.74) is 6.14. The van der Waals surface area contributed by atoms with Crippen molar-refractivity contribution in [2.45, 2.75) is 46.4 Å². The topological polar surface area (TPSA) is 60.3 Å². The van der Waals surface area contributed by atoms with E-state index in [1.165, 1.54) is 0 Å². The monoisotopic (exact) mass is 532 g/mol. The second-order valence-corrected chi connectivity index (χ2v) is 9.80. The summed E-state index contributed by atoms with van der Waals surface area (Å²) in [4.78, 5) is 24.0. The normalized spacial score (nSPS) is 12.8. The van der Waals surface area contributed by atoms with E-state index in [0.29, 0.717) is 17.9 Å². The molecule has 4 aromatic rings. The number of ether oxygens (including phenoxy) is 1. The number of benzene rings is 3. The molecule has 4 rings (SSSR count). The first-order valence-electron chi connectivity index (χ1n) is 11.6. The molecule has 0 unspecified atom stereocenters. The van der Waals surface area contributed by atoms with Gasteiger partial charge < -0.3 is 14.6 Å². The maximum absolute atomic E-state index is 13.0. The van der Waals surface area contributed by atoms with Crippen molar-refractivity contribution in [3.63, 3.8) is 0 Å². The lowest BCUT2D eigenvalue weighted by Crippen LogP contribution is -2.26. The SMILES string of the molecule is Cc1c(C)n(Cc2cccc(O[C@@H](C)C=O)c2)c2ccc(C(=O)N[C@@H](C)c3ccc(Br)cc3)cc12. The molecule has 0 radical (unpaired) electrons. The summed E-state index contributed by atoms with van der Waals surface area (Å²) in [5, 5.41) is 4.17. The molecule has 0 aliphatic carbocycles. The number of hydrogen-bond donors (Lipinski definition) is 1. The largest absolute Gasteiger partial charge is 0.483 e. The molecule has 2 atom stereocenters. The highest BCUT2D eigenvalue weighted by molar-refractivity contribution is 9.10. The molecule has 1 heterocycles. The van der Waals surface area contributed by atoms with E-state index in [1.54, 1.807) is 6.92 Å². The molecule has 1 aromatic heterocycles. The summed E-state index contributed by atoms with van der Waals surface area (Å²) < 4.78 is 8.91. The van der Waals surface area contributed by atoms with Crippen LogP contribution in [0.3, 0.4) is 0 Å². The number of nitrogens with one attached hydrogen (secondary N) is 1. The molecular weight excluding hydrogens is 504 g/mol. The van der Waals surface area contributed by atoms with Gasteiger partial charge >= 0.3 is 0 Å². The highest BCUT2D eigenvalue weighted by Crippen LogP contribution is 2.28. The van der Waals surface area contributed by atoms with Crippen LogP contribution < -0.4 is 10.1 Å². The smallest absolute Gasteiger partial charge is 0.251 e. The van der Waals surface area contributed by atoms with Gasteiger partial charge in [0.1, 0.15) is 5.75 Å². The molecule has 35 heavy (non-hydrogen) atoms. The number of nitrogens with zero attached hydrogens (tertiary/aromatic N) is 1. The number of rotatable bonds is 8. The van der Waals surface area contributed by atoms with Crippen molar-refractivity contribution in [1.82, 2.24) is 9.88 Å². The first-order valence-corrected chi connectivity index (χ1v) is 12.4. The van der Waals surface area contributed by atoms with E-state index in [0.717, 1.165) is 44.0 Å². The van der Waals surface area contributed by atoms with Crippen molar-refractivity contribution in [3.8, 4) is 5.75 Å². The van der Waals surface area contributed by atoms with E-state index >= 15 is 0 Å². The molecule has 0 fully saturated rings. The maximum atomic E-state index is 13.0. The fraction of sp³-hybridized carbons (Fsp3) is 0.241. The molecule has 0 aliphatic rings. The van der Waals surface area contributed by atoms with E-state index in [2.05, 4.69) is 39.7 Å². The molecule has 0 bridgehead atoms.